The molecule has 0 unspecified atom stereocenters. The highest BCUT2D eigenvalue weighted by atomic mass is 32.1. The van der Waals surface area contributed by atoms with Crippen LogP contribution in [0.3, 0.4) is 0 Å². The van der Waals surface area contributed by atoms with Crippen molar-refractivity contribution in [2.75, 3.05) is 13.1 Å². The van der Waals surface area contributed by atoms with Crippen LogP contribution in [0.25, 0.3) is 0 Å². The first-order valence-corrected chi connectivity index (χ1v) is 7.41. The molecule has 110 valence electrons. The first-order valence-electron chi connectivity index (χ1n) is 6.53. The van der Waals surface area contributed by atoms with Crippen molar-refractivity contribution < 1.29 is 9.59 Å². The molecule has 1 atom stereocenters. The number of thiophene rings is 1. The summed E-state index contributed by atoms with van der Waals surface area (Å²) in [6.45, 7) is -0.0275. The molecule has 0 bridgehead atoms. The van der Waals surface area contributed by atoms with Crippen molar-refractivity contribution in [2.45, 2.75) is 6.04 Å². The van der Waals surface area contributed by atoms with Crippen LogP contribution >= 0.6 is 11.3 Å². The first-order chi connectivity index (χ1) is 10.2. The molecule has 0 radical (unpaired) electrons. The Balaban J connectivity index is 2.01. The molecule has 6 heteroatoms. The molecule has 4 N–H and O–H groups in total. The van der Waals surface area contributed by atoms with Gasteiger partial charge in [-0.25, -0.2) is 0 Å². The van der Waals surface area contributed by atoms with Crippen molar-refractivity contribution in [3.8, 4) is 0 Å². The van der Waals surface area contributed by atoms with E-state index in [1.807, 2.05) is 47.8 Å². The molecular formula is C15H17N3O2S. The number of primary amides is 1. The number of amides is 2. The van der Waals surface area contributed by atoms with Gasteiger partial charge < -0.3 is 11.1 Å². The first kappa shape index (κ1) is 15.2. The van der Waals surface area contributed by atoms with Crippen molar-refractivity contribution >= 4 is 23.2 Å². The maximum Gasteiger partial charge on any atom is 0.236 e. The average Bonchev–Trinajstić information content (AvgIpc) is 3.00. The van der Waals surface area contributed by atoms with Gasteiger partial charge in [0.05, 0.1) is 19.1 Å². The van der Waals surface area contributed by atoms with Crippen LogP contribution in [0, 0.1) is 0 Å². The summed E-state index contributed by atoms with van der Waals surface area (Å²) in [5.74, 6) is -0.812. The SMILES string of the molecule is NC(=O)CNC(=O)CN[C@H](c1ccccc1)c1cccs1. The number of benzene rings is 1. The summed E-state index contributed by atoms with van der Waals surface area (Å²) in [5, 5.41) is 7.67. The van der Waals surface area contributed by atoms with Gasteiger partial charge in [-0.3, -0.25) is 14.9 Å². The Kier molecular flexibility index (Phi) is 5.48. The third-order valence-electron chi connectivity index (χ3n) is 2.89. The van der Waals surface area contributed by atoms with Gasteiger partial charge in [-0.05, 0) is 17.0 Å². The van der Waals surface area contributed by atoms with Gasteiger partial charge in [-0.15, -0.1) is 11.3 Å². The standard InChI is InChI=1S/C15H17N3O2S/c16-13(19)9-17-14(20)10-18-15(12-7-4-8-21-12)11-5-2-1-3-6-11/h1-8,15,18H,9-10H2,(H2,16,19)(H,17,20)/t15-/m1/s1. The lowest BCUT2D eigenvalue weighted by Crippen LogP contribution is -2.39. The van der Waals surface area contributed by atoms with E-state index in [-0.39, 0.29) is 25.0 Å². The molecule has 2 aromatic rings. The van der Waals surface area contributed by atoms with E-state index < -0.39 is 5.91 Å². The zero-order valence-electron chi connectivity index (χ0n) is 11.4. The number of nitrogens with two attached hydrogens (primary N) is 1. The maximum absolute atomic E-state index is 11.7. The summed E-state index contributed by atoms with van der Waals surface area (Å²) in [4.78, 5) is 23.4. The van der Waals surface area contributed by atoms with Crippen LogP contribution in [0.1, 0.15) is 16.5 Å². The molecule has 0 aliphatic heterocycles. The Morgan fingerprint density at radius 2 is 1.86 bits per heavy atom. The highest BCUT2D eigenvalue weighted by Gasteiger charge is 2.15. The zero-order valence-corrected chi connectivity index (χ0v) is 12.2. The summed E-state index contributed by atoms with van der Waals surface area (Å²) in [6.07, 6.45) is 0. The second-order valence-electron chi connectivity index (χ2n) is 4.48. The molecule has 1 aromatic carbocycles. The normalized spacial score (nSPS) is 11.8. The van der Waals surface area contributed by atoms with E-state index >= 15 is 0 Å². The van der Waals surface area contributed by atoms with Crippen molar-refractivity contribution in [1.82, 2.24) is 10.6 Å². The minimum Gasteiger partial charge on any atom is -0.368 e. The van der Waals surface area contributed by atoms with E-state index in [0.29, 0.717) is 0 Å². The van der Waals surface area contributed by atoms with Gasteiger partial charge in [0.25, 0.3) is 0 Å². The number of hydrogen-bond acceptors (Lipinski definition) is 4. The van der Waals surface area contributed by atoms with Gasteiger partial charge in [-0.2, -0.15) is 0 Å². The Morgan fingerprint density at radius 3 is 2.48 bits per heavy atom. The maximum atomic E-state index is 11.7. The monoisotopic (exact) mass is 303 g/mol. The van der Waals surface area contributed by atoms with Crippen LogP contribution in [-0.4, -0.2) is 24.9 Å². The number of rotatable bonds is 7. The molecule has 0 fully saturated rings. The molecule has 5 nitrogen and oxygen atoms in total. The summed E-state index contributed by atoms with van der Waals surface area (Å²) in [6, 6.07) is 13.9. The molecular weight excluding hydrogens is 286 g/mol. The third kappa shape index (κ3) is 4.70. The molecule has 2 rings (SSSR count). The van der Waals surface area contributed by atoms with Crippen LogP contribution in [-0.2, 0) is 9.59 Å². The molecule has 1 aromatic heterocycles. The quantitative estimate of drug-likeness (QED) is 0.714. The Morgan fingerprint density at radius 1 is 1.10 bits per heavy atom. The van der Waals surface area contributed by atoms with Gasteiger partial charge >= 0.3 is 0 Å². The van der Waals surface area contributed by atoms with Crippen molar-refractivity contribution in [1.29, 1.82) is 0 Å². The average molecular weight is 303 g/mol. The van der Waals surface area contributed by atoms with Crippen LogP contribution < -0.4 is 16.4 Å². The van der Waals surface area contributed by atoms with E-state index in [9.17, 15) is 9.59 Å². The van der Waals surface area contributed by atoms with E-state index in [2.05, 4.69) is 10.6 Å². The van der Waals surface area contributed by atoms with Crippen LogP contribution in [0.2, 0.25) is 0 Å². The van der Waals surface area contributed by atoms with Gasteiger partial charge in [0, 0.05) is 4.88 Å². The third-order valence-corrected chi connectivity index (χ3v) is 3.82. The summed E-state index contributed by atoms with van der Waals surface area (Å²) < 4.78 is 0. The zero-order chi connectivity index (χ0) is 15.1. The molecule has 0 spiro atoms. The minimum absolute atomic E-state index is 0.0504. The number of nitrogens with one attached hydrogen (secondary N) is 2. The molecule has 0 saturated heterocycles. The molecule has 21 heavy (non-hydrogen) atoms. The highest BCUT2D eigenvalue weighted by Crippen LogP contribution is 2.25. The van der Waals surface area contributed by atoms with Gasteiger partial charge in [0.1, 0.15) is 0 Å². The van der Waals surface area contributed by atoms with Crippen molar-refractivity contribution in [3.05, 3.63) is 58.3 Å². The Bertz CT molecular complexity index is 584. The van der Waals surface area contributed by atoms with E-state index in [0.717, 1.165) is 10.4 Å². The molecule has 0 aliphatic carbocycles. The number of carbonyl (C=O) groups is 2. The predicted molar refractivity (Wildman–Crippen MR) is 82.8 cm³/mol. The number of hydrogen-bond donors (Lipinski definition) is 3. The highest BCUT2D eigenvalue weighted by molar-refractivity contribution is 7.10. The fourth-order valence-corrected chi connectivity index (χ4v) is 2.75. The topological polar surface area (TPSA) is 84.2 Å². The fourth-order valence-electron chi connectivity index (χ4n) is 1.93. The van der Waals surface area contributed by atoms with E-state index in [4.69, 9.17) is 5.73 Å². The fraction of sp³-hybridized carbons (Fsp3) is 0.200. The van der Waals surface area contributed by atoms with Gasteiger partial charge in [0.2, 0.25) is 11.8 Å². The number of carbonyl (C=O) groups excluding carboxylic acids is 2. The summed E-state index contributed by atoms with van der Waals surface area (Å²) >= 11 is 1.63. The second-order valence-corrected chi connectivity index (χ2v) is 5.46. The minimum atomic E-state index is -0.554. The molecule has 0 aliphatic rings. The lowest BCUT2D eigenvalue weighted by atomic mass is 10.1. The summed E-state index contributed by atoms with van der Waals surface area (Å²) in [7, 11) is 0. The van der Waals surface area contributed by atoms with E-state index in [1.165, 1.54) is 0 Å². The predicted octanol–water partition coefficient (Wildman–Crippen LogP) is 1.03. The molecule has 0 saturated carbocycles. The lowest BCUT2D eigenvalue weighted by Gasteiger charge is -2.17. The van der Waals surface area contributed by atoms with Gasteiger partial charge in [0.15, 0.2) is 0 Å². The van der Waals surface area contributed by atoms with Crippen LogP contribution in [0.5, 0.6) is 0 Å². The van der Waals surface area contributed by atoms with Crippen molar-refractivity contribution in [2.24, 2.45) is 5.73 Å². The molecule has 1 heterocycles. The van der Waals surface area contributed by atoms with E-state index in [1.54, 1.807) is 11.3 Å². The Labute approximate surface area is 127 Å². The van der Waals surface area contributed by atoms with Gasteiger partial charge in [-0.1, -0.05) is 36.4 Å². The largest absolute Gasteiger partial charge is 0.368 e. The lowest BCUT2D eigenvalue weighted by molar-refractivity contribution is -0.124. The smallest absolute Gasteiger partial charge is 0.236 e. The second kappa shape index (κ2) is 7.56. The summed E-state index contributed by atoms with van der Waals surface area (Å²) in [5.41, 5.74) is 6.08. The molecule has 2 amide bonds. The van der Waals surface area contributed by atoms with Crippen LogP contribution in [0.4, 0.5) is 0 Å². The van der Waals surface area contributed by atoms with Crippen LogP contribution in [0.15, 0.2) is 47.8 Å². The van der Waals surface area contributed by atoms with Crippen molar-refractivity contribution in [3.63, 3.8) is 0 Å². The Hall–Kier alpha value is -2.18.